The normalized spacial score (nSPS) is 14.5. The van der Waals surface area contributed by atoms with Crippen molar-refractivity contribution in [2.24, 2.45) is 0 Å². The molecule has 1 aromatic heterocycles. The van der Waals surface area contributed by atoms with E-state index in [2.05, 4.69) is 25.4 Å². The summed E-state index contributed by atoms with van der Waals surface area (Å²) in [5.41, 5.74) is 4.00. The molecule has 0 bridgehead atoms. The highest BCUT2D eigenvalue weighted by Gasteiger charge is 2.22. The maximum Gasteiger partial charge on any atom is 0.243 e. The highest BCUT2D eigenvalue weighted by Crippen LogP contribution is 2.32. The minimum Gasteiger partial charge on any atom is -0.346 e. The van der Waals surface area contributed by atoms with Gasteiger partial charge in [0.15, 0.2) is 5.16 Å². The fraction of sp³-hybridized carbons (Fsp3) is 0.545. The predicted octanol–water partition coefficient (Wildman–Crippen LogP) is 3.86. The van der Waals surface area contributed by atoms with Crippen LogP contribution in [0, 0.1) is 27.7 Å². The van der Waals surface area contributed by atoms with Crippen LogP contribution in [0.4, 0.5) is 5.69 Å². The summed E-state index contributed by atoms with van der Waals surface area (Å²) in [4.78, 5) is 24.6. The first-order valence-corrected chi connectivity index (χ1v) is 11.5. The number of thioether (sulfide) groups is 1. The maximum absolute atomic E-state index is 12.3. The van der Waals surface area contributed by atoms with E-state index >= 15 is 0 Å². The van der Waals surface area contributed by atoms with Crippen molar-refractivity contribution in [3.05, 3.63) is 34.6 Å². The Morgan fingerprint density at radius 1 is 1.03 bits per heavy atom. The average Bonchev–Trinajstić information content (AvgIpc) is 3.08. The summed E-state index contributed by atoms with van der Waals surface area (Å²) in [5.74, 6) is 0.682. The summed E-state index contributed by atoms with van der Waals surface area (Å²) >= 11 is 1.38. The van der Waals surface area contributed by atoms with Gasteiger partial charge >= 0.3 is 0 Å². The summed E-state index contributed by atoms with van der Waals surface area (Å²) in [5, 5.41) is 14.9. The zero-order valence-electron chi connectivity index (χ0n) is 18.2. The fourth-order valence-electron chi connectivity index (χ4n) is 4.13. The number of rotatable bonds is 7. The Labute approximate surface area is 182 Å². The van der Waals surface area contributed by atoms with E-state index in [1.54, 1.807) is 0 Å². The van der Waals surface area contributed by atoms with E-state index in [4.69, 9.17) is 0 Å². The van der Waals surface area contributed by atoms with Gasteiger partial charge in [-0.2, -0.15) is 0 Å². The standard InChI is InChI=1S/C22H31N5O2S/c1-14-10-15(2)21(16(3)11-14)24-19(28)12-23-20(29)13-30-22-26-25-17(4)27(22)18-8-6-5-7-9-18/h10-11,18H,5-9,12-13H2,1-4H3,(H,23,29)(H,24,28). The smallest absolute Gasteiger partial charge is 0.243 e. The second kappa shape index (κ2) is 10.1. The molecule has 1 fully saturated rings. The molecule has 0 spiro atoms. The predicted molar refractivity (Wildman–Crippen MR) is 120 cm³/mol. The van der Waals surface area contributed by atoms with E-state index in [0.29, 0.717) is 6.04 Å². The summed E-state index contributed by atoms with van der Waals surface area (Å²) < 4.78 is 2.17. The lowest BCUT2D eigenvalue weighted by Crippen LogP contribution is -2.34. The summed E-state index contributed by atoms with van der Waals surface area (Å²) in [7, 11) is 0. The third-order valence-corrected chi connectivity index (χ3v) is 6.44. The lowest BCUT2D eigenvalue weighted by molar-refractivity contribution is -0.122. The Balaban J connectivity index is 1.49. The highest BCUT2D eigenvalue weighted by molar-refractivity contribution is 7.99. The first kappa shape index (κ1) is 22.3. The molecule has 0 atom stereocenters. The molecule has 2 N–H and O–H groups in total. The maximum atomic E-state index is 12.3. The lowest BCUT2D eigenvalue weighted by atomic mass is 9.95. The Bertz CT molecular complexity index is 895. The van der Waals surface area contributed by atoms with Crippen LogP contribution in [-0.4, -0.2) is 38.9 Å². The van der Waals surface area contributed by atoms with Gasteiger partial charge in [0.05, 0.1) is 12.3 Å². The summed E-state index contributed by atoms with van der Waals surface area (Å²) in [6, 6.07) is 4.48. The molecule has 1 heterocycles. The van der Waals surface area contributed by atoms with Gasteiger partial charge in [0.1, 0.15) is 5.82 Å². The van der Waals surface area contributed by atoms with Crippen LogP contribution in [0.5, 0.6) is 0 Å². The molecule has 0 unspecified atom stereocenters. The van der Waals surface area contributed by atoms with Crippen molar-refractivity contribution in [1.29, 1.82) is 0 Å². The molecule has 0 aliphatic heterocycles. The zero-order chi connectivity index (χ0) is 21.7. The largest absolute Gasteiger partial charge is 0.346 e. The number of nitrogens with zero attached hydrogens (tertiary/aromatic N) is 3. The van der Waals surface area contributed by atoms with Crippen molar-refractivity contribution in [3.63, 3.8) is 0 Å². The van der Waals surface area contributed by atoms with Gasteiger partial charge in [-0.3, -0.25) is 9.59 Å². The lowest BCUT2D eigenvalue weighted by Gasteiger charge is -2.24. The second-order valence-corrected chi connectivity index (χ2v) is 9.02. The van der Waals surface area contributed by atoms with E-state index in [-0.39, 0.29) is 24.1 Å². The molecule has 2 amide bonds. The van der Waals surface area contributed by atoms with Crippen molar-refractivity contribution in [2.45, 2.75) is 71.0 Å². The van der Waals surface area contributed by atoms with Crippen LogP contribution in [0.15, 0.2) is 17.3 Å². The van der Waals surface area contributed by atoms with Crippen LogP contribution in [0.25, 0.3) is 0 Å². The molecule has 162 valence electrons. The van der Waals surface area contributed by atoms with Crippen molar-refractivity contribution < 1.29 is 9.59 Å². The number of aromatic nitrogens is 3. The zero-order valence-corrected chi connectivity index (χ0v) is 19.1. The first-order valence-electron chi connectivity index (χ1n) is 10.5. The average molecular weight is 430 g/mol. The van der Waals surface area contributed by atoms with Gasteiger partial charge < -0.3 is 15.2 Å². The van der Waals surface area contributed by atoms with Crippen molar-refractivity contribution in [1.82, 2.24) is 20.1 Å². The Kier molecular flexibility index (Phi) is 7.53. The van der Waals surface area contributed by atoms with Gasteiger partial charge in [-0.05, 0) is 51.7 Å². The molecular weight excluding hydrogens is 398 g/mol. The molecule has 1 aromatic carbocycles. The third kappa shape index (κ3) is 5.62. The molecule has 7 nitrogen and oxygen atoms in total. The Morgan fingerprint density at radius 3 is 2.37 bits per heavy atom. The quantitative estimate of drug-likeness (QED) is 0.653. The molecule has 0 radical (unpaired) electrons. The minimum absolute atomic E-state index is 0.0551. The van der Waals surface area contributed by atoms with E-state index in [1.807, 2.05) is 39.8 Å². The van der Waals surface area contributed by atoms with Crippen LogP contribution < -0.4 is 10.6 Å². The Hall–Kier alpha value is -2.35. The molecule has 3 rings (SSSR count). The van der Waals surface area contributed by atoms with E-state index in [1.165, 1.54) is 31.0 Å². The number of carbonyl (C=O) groups excluding carboxylic acids is 2. The van der Waals surface area contributed by atoms with Gasteiger partial charge in [0.25, 0.3) is 0 Å². The molecule has 8 heteroatoms. The van der Waals surface area contributed by atoms with Crippen LogP contribution in [0.3, 0.4) is 0 Å². The fourth-order valence-corrected chi connectivity index (χ4v) is 5.01. The van der Waals surface area contributed by atoms with Crippen LogP contribution in [-0.2, 0) is 9.59 Å². The van der Waals surface area contributed by atoms with Crippen molar-refractivity contribution in [2.75, 3.05) is 17.6 Å². The number of anilines is 1. The molecule has 1 aliphatic carbocycles. The number of carbonyl (C=O) groups is 2. The highest BCUT2D eigenvalue weighted by atomic mass is 32.2. The molecule has 0 saturated heterocycles. The van der Waals surface area contributed by atoms with Crippen LogP contribution in [0.2, 0.25) is 0 Å². The topological polar surface area (TPSA) is 88.9 Å². The van der Waals surface area contributed by atoms with Crippen molar-refractivity contribution in [3.8, 4) is 0 Å². The number of hydrogen-bond acceptors (Lipinski definition) is 5. The molecule has 1 aliphatic rings. The van der Waals surface area contributed by atoms with Gasteiger partial charge in [-0.25, -0.2) is 0 Å². The second-order valence-electron chi connectivity index (χ2n) is 8.08. The monoisotopic (exact) mass is 429 g/mol. The molecular formula is C22H31N5O2S. The van der Waals surface area contributed by atoms with Crippen LogP contribution in [0.1, 0.15) is 60.7 Å². The van der Waals surface area contributed by atoms with Gasteiger partial charge in [-0.15, -0.1) is 10.2 Å². The van der Waals surface area contributed by atoms with E-state index in [0.717, 1.165) is 46.2 Å². The number of aryl methyl sites for hydroxylation is 4. The van der Waals surface area contributed by atoms with Gasteiger partial charge in [0.2, 0.25) is 11.8 Å². The number of nitrogens with one attached hydrogen (secondary N) is 2. The molecule has 2 aromatic rings. The molecule has 1 saturated carbocycles. The van der Waals surface area contributed by atoms with Crippen LogP contribution >= 0.6 is 11.8 Å². The van der Waals surface area contributed by atoms with Gasteiger partial charge in [-0.1, -0.05) is 48.7 Å². The van der Waals surface area contributed by atoms with E-state index in [9.17, 15) is 9.59 Å². The number of hydrogen-bond donors (Lipinski definition) is 2. The van der Waals surface area contributed by atoms with E-state index < -0.39 is 0 Å². The van der Waals surface area contributed by atoms with Crippen molar-refractivity contribution >= 4 is 29.3 Å². The summed E-state index contributed by atoms with van der Waals surface area (Å²) in [6.45, 7) is 7.87. The number of amides is 2. The third-order valence-electron chi connectivity index (χ3n) is 5.49. The number of benzene rings is 1. The summed E-state index contributed by atoms with van der Waals surface area (Å²) in [6.07, 6.45) is 6.00. The first-order chi connectivity index (χ1) is 14.3. The minimum atomic E-state index is -0.232. The molecule has 30 heavy (non-hydrogen) atoms. The van der Waals surface area contributed by atoms with Gasteiger partial charge in [0, 0.05) is 11.7 Å². The Morgan fingerprint density at radius 2 is 1.70 bits per heavy atom. The SMILES string of the molecule is Cc1cc(C)c(NC(=O)CNC(=O)CSc2nnc(C)n2C2CCCCC2)c(C)c1.